The summed E-state index contributed by atoms with van der Waals surface area (Å²) in [4.78, 5) is 0. The van der Waals surface area contributed by atoms with Gasteiger partial charge in [-0.25, -0.2) is 0 Å². The molecule has 1 rings (SSSR count). The average Bonchev–Trinajstić information content (AvgIpc) is 2.29. The first-order valence-corrected chi connectivity index (χ1v) is 5.37. The van der Waals surface area contributed by atoms with Gasteiger partial charge in [0.1, 0.15) is 0 Å². The minimum absolute atomic E-state index is 0.917. The van der Waals surface area contributed by atoms with E-state index in [4.69, 9.17) is 0 Å². The molecule has 1 N–H and O–H groups in total. The second-order valence-corrected chi connectivity index (χ2v) is 3.55. The highest BCUT2D eigenvalue weighted by Gasteiger charge is 1.87. The lowest BCUT2D eigenvalue weighted by molar-refractivity contribution is 0.759. The molecule has 0 heterocycles. The fraction of sp³-hybridized carbons (Fsp3) is 0.286. The van der Waals surface area contributed by atoms with E-state index in [0.717, 1.165) is 13.1 Å². The lowest BCUT2D eigenvalue weighted by Crippen LogP contribution is -2.12. The van der Waals surface area contributed by atoms with Gasteiger partial charge in [-0.3, -0.25) is 0 Å². The van der Waals surface area contributed by atoms with E-state index in [0.29, 0.717) is 0 Å². The van der Waals surface area contributed by atoms with Gasteiger partial charge in [-0.2, -0.15) is 0 Å². The van der Waals surface area contributed by atoms with Crippen LogP contribution in [0.5, 0.6) is 0 Å². The van der Waals surface area contributed by atoms with Crippen LogP contribution in [0.3, 0.4) is 0 Å². The zero-order valence-electron chi connectivity index (χ0n) is 9.53. The molecule has 0 atom stereocenters. The molecule has 0 unspecified atom stereocenters. The molecule has 0 aliphatic carbocycles. The molecule has 0 saturated heterocycles. The fourth-order valence-corrected chi connectivity index (χ4v) is 1.24. The topological polar surface area (TPSA) is 12.0 Å². The number of nitrogens with one attached hydrogen (secondary N) is 1. The van der Waals surface area contributed by atoms with Crippen molar-refractivity contribution in [1.82, 2.24) is 5.32 Å². The lowest BCUT2D eigenvalue weighted by Gasteiger charge is -2.01. The molecule has 0 aliphatic heterocycles. The third-order valence-electron chi connectivity index (χ3n) is 2.27. The summed E-state index contributed by atoms with van der Waals surface area (Å²) in [6.07, 6.45) is 6.39. The molecule has 1 aromatic rings. The van der Waals surface area contributed by atoms with Crippen LogP contribution in [0.2, 0.25) is 0 Å². The van der Waals surface area contributed by atoms with Gasteiger partial charge < -0.3 is 5.32 Å². The van der Waals surface area contributed by atoms with Crippen molar-refractivity contribution in [2.24, 2.45) is 0 Å². The van der Waals surface area contributed by atoms with Crippen molar-refractivity contribution in [3.8, 4) is 0 Å². The number of allylic oxidation sites excluding steroid dienone is 3. The van der Waals surface area contributed by atoms with Gasteiger partial charge in [0.15, 0.2) is 0 Å². The summed E-state index contributed by atoms with van der Waals surface area (Å²) in [5.74, 6) is 0. The Morgan fingerprint density at radius 2 is 2.00 bits per heavy atom. The molecule has 0 aliphatic rings. The van der Waals surface area contributed by atoms with E-state index in [1.807, 2.05) is 6.07 Å². The summed E-state index contributed by atoms with van der Waals surface area (Å²) >= 11 is 0. The van der Waals surface area contributed by atoms with Gasteiger partial charge in [0.05, 0.1) is 0 Å². The van der Waals surface area contributed by atoms with E-state index in [2.05, 4.69) is 61.7 Å². The first kappa shape index (κ1) is 11.7. The molecule has 0 radical (unpaired) electrons. The minimum atomic E-state index is 0.917. The molecule has 1 heteroatoms. The van der Waals surface area contributed by atoms with E-state index in [-0.39, 0.29) is 0 Å². The van der Waals surface area contributed by atoms with E-state index in [1.54, 1.807) is 0 Å². The van der Waals surface area contributed by atoms with Gasteiger partial charge in [-0.1, -0.05) is 54.1 Å². The van der Waals surface area contributed by atoms with Crippen LogP contribution < -0.4 is 5.32 Å². The van der Waals surface area contributed by atoms with Crippen LogP contribution in [0.25, 0.3) is 0 Å². The van der Waals surface area contributed by atoms with Crippen LogP contribution in [-0.2, 0) is 6.54 Å². The van der Waals surface area contributed by atoms with Gasteiger partial charge in [0.2, 0.25) is 0 Å². The first-order chi connectivity index (χ1) is 7.33. The van der Waals surface area contributed by atoms with Crippen molar-refractivity contribution in [3.05, 3.63) is 59.7 Å². The standard InChI is InChI=1S/C14H19N/c1-3-13(2)8-7-11-15-12-14-9-5-4-6-10-14/h3-10,15H,11-12H2,1-2H3/b8-7+,13-3+. The molecular formula is C14H19N. The van der Waals surface area contributed by atoms with Crippen LogP contribution in [0.1, 0.15) is 19.4 Å². The molecule has 1 aromatic carbocycles. The molecule has 0 spiro atoms. The van der Waals surface area contributed by atoms with Crippen molar-refractivity contribution in [3.63, 3.8) is 0 Å². The Hall–Kier alpha value is -1.34. The molecule has 80 valence electrons. The third kappa shape index (κ3) is 5.18. The third-order valence-corrected chi connectivity index (χ3v) is 2.27. The molecule has 1 nitrogen and oxygen atoms in total. The van der Waals surface area contributed by atoms with E-state index >= 15 is 0 Å². The van der Waals surface area contributed by atoms with Gasteiger partial charge in [-0.05, 0) is 19.4 Å². The summed E-state index contributed by atoms with van der Waals surface area (Å²) in [5, 5.41) is 3.37. The molecule has 0 aromatic heterocycles. The molecule has 0 amide bonds. The molecule has 0 saturated carbocycles. The zero-order chi connectivity index (χ0) is 10.9. The summed E-state index contributed by atoms with van der Waals surface area (Å²) in [6, 6.07) is 10.4. The van der Waals surface area contributed by atoms with Gasteiger partial charge in [0, 0.05) is 13.1 Å². The lowest BCUT2D eigenvalue weighted by atomic mass is 10.2. The maximum Gasteiger partial charge on any atom is 0.0208 e. The van der Waals surface area contributed by atoms with E-state index in [1.165, 1.54) is 11.1 Å². The van der Waals surface area contributed by atoms with Crippen LogP contribution >= 0.6 is 0 Å². The Labute approximate surface area is 92.5 Å². The van der Waals surface area contributed by atoms with Crippen molar-refractivity contribution in [2.45, 2.75) is 20.4 Å². The second kappa shape index (κ2) is 7.02. The smallest absolute Gasteiger partial charge is 0.0208 e. The van der Waals surface area contributed by atoms with E-state index < -0.39 is 0 Å². The normalized spacial score (nSPS) is 12.3. The van der Waals surface area contributed by atoms with E-state index in [9.17, 15) is 0 Å². The van der Waals surface area contributed by atoms with Crippen LogP contribution in [0.15, 0.2) is 54.1 Å². The van der Waals surface area contributed by atoms with Gasteiger partial charge in [0.25, 0.3) is 0 Å². The number of rotatable bonds is 5. The molecule has 15 heavy (non-hydrogen) atoms. The maximum atomic E-state index is 3.37. The number of benzene rings is 1. The Bertz CT molecular complexity index is 322. The molecule has 0 bridgehead atoms. The highest BCUT2D eigenvalue weighted by atomic mass is 14.8. The predicted octanol–water partition coefficient (Wildman–Crippen LogP) is 3.30. The maximum absolute atomic E-state index is 3.37. The van der Waals surface area contributed by atoms with Crippen LogP contribution in [0.4, 0.5) is 0 Å². The van der Waals surface area contributed by atoms with Crippen LogP contribution in [0, 0.1) is 0 Å². The Balaban J connectivity index is 2.20. The quantitative estimate of drug-likeness (QED) is 0.569. The van der Waals surface area contributed by atoms with Gasteiger partial charge in [-0.15, -0.1) is 0 Å². The largest absolute Gasteiger partial charge is 0.309 e. The van der Waals surface area contributed by atoms with Crippen molar-refractivity contribution < 1.29 is 0 Å². The summed E-state index contributed by atoms with van der Waals surface area (Å²) in [5.41, 5.74) is 2.63. The monoisotopic (exact) mass is 201 g/mol. The van der Waals surface area contributed by atoms with Crippen molar-refractivity contribution in [1.29, 1.82) is 0 Å². The fourth-order valence-electron chi connectivity index (χ4n) is 1.24. The SMILES string of the molecule is C/C=C(C)/C=C/CNCc1ccccc1. The molecular weight excluding hydrogens is 182 g/mol. The zero-order valence-corrected chi connectivity index (χ0v) is 9.53. The highest BCUT2D eigenvalue weighted by molar-refractivity contribution is 5.16. The van der Waals surface area contributed by atoms with Gasteiger partial charge >= 0.3 is 0 Å². The summed E-state index contributed by atoms with van der Waals surface area (Å²) in [6.45, 7) is 6.00. The Morgan fingerprint density at radius 3 is 2.67 bits per heavy atom. The van der Waals surface area contributed by atoms with Crippen molar-refractivity contribution in [2.75, 3.05) is 6.54 Å². The minimum Gasteiger partial charge on any atom is -0.309 e. The Kier molecular flexibility index (Phi) is 5.49. The van der Waals surface area contributed by atoms with Crippen molar-refractivity contribution >= 4 is 0 Å². The average molecular weight is 201 g/mol. The predicted molar refractivity (Wildman–Crippen MR) is 66.7 cm³/mol. The highest BCUT2D eigenvalue weighted by Crippen LogP contribution is 1.97. The number of hydrogen-bond donors (Lipinski definition) is 1. The molecule has 0 fully saturated rings. The summed E-state index contributed by atoms with van der Waals surface area (Å²) < 4.78 is 0. The summed E-state index contributed by atoms with van der Waals surface area (Å²) in [7, 11) is 0. The number of hydrogen-bond acceptors (Lipinski definition) is 1. The Morgan fingerprint density at radius 1 is 1.27 bits per heavy atom. The van der Waals surface area contributed by atoms with Crippen LogP contribution in [-0.4, -0.2) is 6.54 Å². The first-order valence-electron chi connectivity index (χ1n) is 5.37. The second-order valence-electron chi connectivity index (χ2n) is 3.55.